The third kappa shape index (κ3) is 3.71. The van der Waals surface area contributed by atoms with Crippen molar-refractivity contribution in [1.29, 1.82) is 0 Å². The maximum atomic E-state index is 12.3. The van der Waals surface area contributed by atoms with Crippen LogP contribution in [0.25, 0.3) is 0 Å². The van der Waals surface area contributed by atoms with E-state index in [-0.39, 0.29) is 37.1 Å². The van der Waals surface area contributed by atoms with E-state index >= 15 is 0 Å². The summed E-state index contributed by atoms with van der Waals surface area (Å²) in [6.07, 6.45) is 2.59. The zero-order valence-corrected chi connectivity index (χ0v) is 11.9. The van der Waals surface area contributed by atoms with Crippen LogP contribution in [0.4, 0.5) is 0 Å². The van der Waals surface area contributed by atoms with Crippen molar-refractivity contribution in [1.82, 2.24) is 9.80 Å². The number of carboxylic acid groups (broad SMARTS) is 1. The molecule has 2 amide bonds. The fourth-order valence-electron chi connectivity index (χ4n) is 2.64. The lowest BCUT2D eigenvalue weighted by Gasteiger charge is -2.23. The lowest BCUT2D eigenvalue weighted by molar-refractivity contribution is -0.139. The second kappa shape index (κ2) is 6.24. The van der Waals surface area contributed by atoms with E-state index in [1.807, 2.05) is 6.92 Å². The van der Waals surface area contributed by atoms with Gasteiger partial charge in [0.2, 0.25) is 11.8 Å². The van der Waals surface area contributed by atoms with Gasteiger partial charge in [0.1, 0.15) is 0 Å². The SMILES string of the molecule is CCN(CCC(=O)O)C(=O)C1CC(=O)N(CC2CC2)C1. The van der Waals surface area contributed by atoms with Gasteiger partial charge < -0.3 is 14.9 Å². The summed E-state index contributed by atoms with van der Waals surface area (Å²) >= 11 is 0. The summed E-state index contributed by atoms with van der Waals surface area (Å²) in [6, 6.07) is 0. The Bertz CT molecular complexity index is 406. The first kappa shape index (κ1) is 14.8. The molecule has 20 heavy (non-hydrogen) atoms. The Kier molecular flexibility index (Phi) is 4.62. The van der Waals surface area contributed by atoms with E-state index in [0.717, 1.165) is 6.54 Å². The Labute approximate surface area is 118 Å². The molecular formula is C14H22N2O4. The molecule has 0 aromatic rings. The fourth-order valence-corrected chi connectivity index (χ4v) is 2.64. The number of rotatable bonds is 7. The number of carbonyl (C=O) groups excluding carboxylic acids is 2. The van der Waals surface area contributed by atoms with E-state index in [2.05, 4.69) is 0 Å². The van der Waals surface area contributed by atoms with E-state index in [1.54, 1.807) is 9.80 Å². The molecule has 0 radical (unpaired) electrons. The van der Waals surface area contributed by atoms with Gasteiger partial charge in [0.15, 0.2) is 0 Å². The molecule has 1 heterocycles. The number of hydrogen-bond donors (Lipinski definition) is 1. The lowest BCUT2D eigenvalue weighted by Crippen LogP contribution is -2.38. The predicted octanol–water partition coefficient (Wildman–Crippen LogP) is 0.568. The van der Waals surface area contributed by atoms with Gasteiger partial charge in [-0.2, -0.15) is 0 Å². The number of likely N-dealkylation sites (tertiary alicyclic amines) is 1. The van der Waals surface area contributed by atoms with Crippen LogP contribution in [0.1, 0.15) is 32.6 Å². The molecule has 6 heteroatoms. The van der Waals surface area contributed by atoms with Gasteiger partial charge in [-0.25, -0.2) is 0 Å². The minimum Gasteiger partial charge on any atom is -0.481 e. The highest BCUT2D eigenvalue weighted by Crippen LogP contribution is 2.32. The number of amides is 2. The van der Waals surface area contributed by atoms with E-state index in [0.29, 0.717) is 19.0 Å². The molecule has 0 bridgehead atoms. The van der Waals surface area contributed by atoms with Gasteiger partial charge in [-0.1, -0.05) is 0 Å². The highest BCUT2D eigenvalue weighted by molar-refractivity contribution is 5.89. The molecule has 1 aliphatic carbocycles. The fraction of sp³-hybridized carbons (Fsp3) is 0.786. The molecule has 6 nitrogen and oxygen atoms in total. The molecule has 112 valence electrons. The molecule has 1 saturated heterocycles. The normalized spacial score (nSPS) is 22.1. The summed E-state index contributed by atoms with van der Waals surface area (Å²) in [4.78, 5) is 38.2. The van der Waals surface area contributed by atoms with Gasteiger partial charge in [0, 0.05) is 32.6 Å². The van der Waals surface area contributed by atoms with Crippen molar-refractivity contribution >= 4 is 17.8 Å². The van der Waals surface area contributed by atoms with Crippen LogP contribution in [0.5, 0.6) is 0 Å². The Morgan fingerprint density at radius 2 is 2.10 bits per heavy atom. The van der Waals surface area contributed by atoms with Crippen molar-refractivity contribution < 1.29 is 19.5 Å². The minimum absolute atomic E-state index is 0.0496. The monoisotopic (exact) mass is 282 g/mol. The number of nitrogens with zero attached hydrogens (tertiary/aromatic N) is 2. The smallest absolute Gasteiger partial charge is 0.305 e. The average molecular weight is 282 g/mol. The van der Waals surface area contributed by atoms with Crippen LogP contribution >= 0.6 is 0 Å². The zero-order valence-electron chi connectivity index (χ0n) is 11.9. The van der Waals surface area contributed by atoms with Gasteiger partial charge in [-0.3, -0.25) is 14.4 Å². The first-order valence-electron chi connectivity index (χ1n) is 7.29. The van der Waals surface area contributed by atoms with Crippen molar-refractivity contribution in [2.24, 2.45) is 11.8 Å². The van der Waals surface area contributed by atoms with Crippen molar-refractivity contribution in [2.75, 3.05) is 26.2 Å². The third-order valence-electron chi connectivity index (χ3n) is 4.03. The number of carboxylic acids is 1. The molecule has 2 aliphatic rings. The highest BCUT2D eigenvalue weighted by Gasteiger charge is 2.38. The Morgan fingerprint density at radius 3 is 2.65 bits per heavy atom. The molecule has 0 aromatic carbocycles. The van der Waals surface area contributed by atoms with Gasteiger partial charge in [0.05, 0.1) is 12.3 Å². The van der Waals surface area contributed by atoms with Crippen molar-refractivity contribution in [3.63, 3.8) is 0 Å². The van der Waals surface area contributed by atoms with E-state index in [9.17, 15) is 14.4 Å². The quantitative estimate of drug-likeness (QED) is 0.740. The van der Waals surface area contributed by atoms with E-state index < -0.39 is 5.97 Å². The second-order valence-electron chi connectivity index (χ2n) is 5.70. The molecule has 1 unspecified atom stereocenters. The first-order chi connectivity index (χ1) is 9.51. The summed E-state index contributed by atoms with van der Waals surface area (Å²) in [5.74, 6) is -0.601. The maximum absolute atomic E-state index is 12.3. The summed E-state index contributed by atoms with van der Waals surface area (Å²) < 4.78 is 0. The molecule has 0 spiro atoms. The second-order valence-corrected chi connectivity index (χ2v) is 5.70. The molecule has 2 fully saturated rings. The van der Waals surface area contributed by atoms with Crippen molar-refractivity contribution in [3.8, 4) is 0 Å². The zero-order chi connectivity index (χ0) is 14.7. The van der Waals surface area contributed by atoms with Crippen molar-refractivity contribution in [3.05, 3.63) is 0 Å². The van der Waals surface area contributed by atoms with Crippen LogP contribution in [-0.4, -0.2) is 58.9 Å². The van der Waals surface area contributed by atoms with Crippen LogP contribution in [0, 0.1) is 11.8 Å². The summed E-state index contributed by atoms with van der Waals surface area (Å²) in [5, 5.41) is 8.69. The lowest BCUT2D eigenvalue weighted by atomic mass is 10.1. The number of carbonyl (C=O) groups is 3. The van der Waals surface area contributed by atoms with Gasteiger partial charge in [0.25, 0.3) is 0 Å². The van der Waals surface area contributed by atoms with Crippen LogP contribution in [0.15, 0.2) is 0 Å². The number of hydrogen-bond acceptors (Lipinski definition) is 3. The molecule has 1 N–H and O–H groups in total. The van der Waals surface area contributed by atoms with E-state index in [1.165, 1.54) is 12.8 Å². The standard InChI is InChI=1S/C14H22N2O4/c1-2-15(6-5-13(18)19)14(20)11-7-12(17)16(9-11)8-10-3-4-10/h10-11H,2-9H2,1H3,(H,18,19). The predicted molar refractivity (Wildman–Crippen MR) is 71.9 cm³/mol. The Morgan fingerprint density at radius 1 is 1.40 bits per heavy atom. The molecular weight excluding hydrogens is 260 g/mol. The summed E-state index contributed by atoms with van der Waals surface area (Å²) in [6.45, 7) is 3.82. The van der Waals surface area contributed by atoms with Crippen LogP contribution in [0.3, 0.4) is 0 Å². The topological polar surface area (TPSA) is 77.9 Å². The molecule has 1 aliphatic heterocycles. The van der Waals surface area contributed by atoms with Gasteiger partial charge in [-0.05, 0) is 25.7 Å². The van der Waals surface area contributed by atoms with Crippen molar-refractivity contribution in [2.45, 2.75) is 32.6 Å². The summed E-state index contributed by atoms with van der Waals surface area (Å²) in [5.41, 5.74) is 0. The van der Waals surface area contributed by atoms with Crippen LogP contribution in [0.2, 0.25) is 0 Å². The van der Waals surface area contributed by atoms with Gasteiger partial charge in [-0.15, -0.1) is 0 Å². The largest absolute Gasteiger partial charge is 0.481 e. The average Bonchev–Trinajstić information content (AvgIpc) is 3.13. The maximum Gasteiger partial charge on any atom is 0.305 e. The van der Waals surface area contributed by atoms with Crippen LogP contribution < -0.4 is 0 Å². The molecule has 1 atom stereocenters. The Balaban J connectivity index is 1.87. The van der Waals surface area contributed by atoms with Gasteiger partial charge >= 0.3 is 5.97 Å². The Hall–Kier alpha value is -1.59. The minimum atomic E-state index is -0.908. The molecule has 2 rings (SSSR count). The highest BCUT2D eigenvalue weighted by atomic mass is 16.4. The number of aliphatic carboxylic acids is 1. The molecule has 0 aromatic heterocycles. The third-order valence-corrected chi connectivity index (χ3v) is 4.03. The molecule has 1 saturated carbocycles. The van der Waals surface area contributed by atoms with E-state index in [4.69, 9.17) is 5.11 Å². The summed E-state index contributed by atoms with van der Waals surface area (Å²) in [7, 11) is 0. The first-order valence-corrected chi connectivity index (χ1v) is 7.29. The van der Waals surface area contributed by atoms with Crippen LogP contribution in [-0.2, 0) is 14.4 Å².